The molecule has 0 aromatic carbocycles. The van der Waals surface area contributed by atoms with Crippen LogP contribution in [0.1, 0.15) is 31.9 Å². The molecule has 0 radical (unpaired) electrons. The highest BCUT2D eigenvalue weighted by Crippen LogP contribution is 2.09. The molecule has 16 heavy (non-hydrogen) atoms. The minimum absolute atomic E-state index is 0.0944. The van der Waals surface area contributed by atoms with E-state index in [1.54, 1.807) is 12.4 Å². The molecule has 0 spiro atoms. The van der Waals surface area contributed by atoms with Gasteiger partial charge in [0.1, 0.15) is 0 Å². The Kier molecular flexibility index (Phi) is 5.50. The van der Waals surface area contributed by atoms with Crippen molar-refractivity contribution in [1.82, 2.24) is 15.6 Å². The minimum Gasteiger partial charge on any atom is -0.356 e. The van der Waals surface area contributed by atoms with E-state index in [2.05, 4.69) is 22.5 Å². The predicted octanol–water partition coefficient (Wildman–Crippen LogP) is 1.26. The number of carbonyl (C=O) groups is 1. The van der Waals surface area contributed by atoms with Crippen molar-refractivity contribution in [3.63, 3.8) is 0 Å². The molecule has 1 rings (SSSR count). The molecule has 0 fully saturated rings. The summed E-state index contributed by atoms with van der Waals surface area (Å²) in [6.07, 6.45) is 4.07. The number of rotatable bonds is 6. The SMILES string of the molecule is CCNC(=O)CCN[C@@H](C)c1ccncc1. The molecule has 0 aliphatic heterocycles. The van der Waals surface area contributed by atoms with Crippen LogP contribution in [0.25, 0.3) is 0 Å². The zero-order valence-corrected chi connectivity index (χ0v) is 9.86. The summed E-state index contributed by atoms with van der Waals surface area (Å²) in [5, 5.41) is 6.07. The molecule has 0 bridgehead atoms. The molecule has 88 valence electrons. The molecular weight excluding hydrogens is 202 g/mol. The minimum atomic E-state index is 0.0944. The molecule has 1 atom stereocenters. The van der Waals surface area contributed by atoms with Gasteiger partial charge >= 0.3 is 0 Å². The van der Waals surface area contributed by atoms with Crippen LogP contribution in [-0.4, -0.2) is 24.0 Å². The first-order chi connectivity index (χ1) is 7.74. The van der Waals surface area contributed by atoms with Crippen LogP contribution in [0.2, 0.25) is 0 Å². The topological polar surface area (TPSA) is 54.0 Å². The van der Waals surface area contributed by atoms with Crippen LogP contribution >= 0.6 is 0 Å². The summed E-state index contributed by atoms with van der Waals surface area (Å²) >= 11 is 0. The van der Waals surface area contributed by atoms with Crippen molar-refractivity contribution in [1.29, 1.82) is 0 Å². The molecule has 4 heteroatoms. The number of aromatic nitrogens is 1. The van der Waals surface area contributed by atoms with Crippen molar-refractivity contribution in [2.24, 2.45) is 0 Å². The number of hydrogen-bond donors (Lipinski definition) is 2. The Balaban J connectivity index is 2.26. The molecule has 1 amide bonds. The van der Waals surface area contributed by atoms with Gasteiger partial charge in [0, 0.05) is 37.9 Å². The van der Waals surface area contributed by atoms with Crippen LogP contribution < -0.4 is 10.6 Å². The van der Waals surface area contributed by atoms with E-state index in [0.29, 0.717) is 19.5 Å². The number of carbonyl (C=O) groups excluding carboxylic acids is 1. The van der Waals surface area contributed by atoms with Gasteiger partial charge in [-0.2, -0.15) is 0 Å². The number of pyridine rings is 1. The Hall–Kier alpha value is -1.42. The molecule has 1 aromatic rings. The van der Waals surface area contributed by atoms with Crippen molar-refractivity contribution in [2.75, 3.05) is 13.1 Å². The molecule has 1 heterocycles. The quantitative estimate of drug-likeness (QED) is 0.760. The van der Waals surface area contributed by atoms with E-state index in [-0.39, 0.29) is 11.9 Å². The maximum atomic E-state index is 11.2. The fraction of sp³-hybridized carbons (Fsp3) is 0.500. The molecule has 0 saturated carbocycles. The highest BCUT2D eigenvalue weighted by Gasteiger charge is 2.05. The summed E-state index contributed by atoms with van der Waals surface area (Å²) in [7, 11) is 0. The average Bonchev–Trinajstić information content (AvgIpc) is 2.30. The fourth-order valence-electron chi connectivity index (χ4n) is 1.46. The normalized spacial score (nSPS) is 12.1. The molecule has 0 saturated heterocycles. The zero-order valence-electron chi connectivity index (χ0n) is 9.86. The summed E-state index contributed by atoms with van der Waals surface area (Å²) in [6.45, 7) is 5.38. The lowest BCUT2D eigenvalue weighted by Crippen LogP contribution is -2.28. The van der Waals surface area contributed by atoms with Crippen molar-refractivity contribution >= 4 is 5.91 Å². The van der Waals surface area contributed by atoms with Crippen molar-refractivity contribution < 1.29 is 4.79 Å². The summed E-state index contributed by atoms with van der Waals surface area (Å²) in [5.74, 6) is 0.0944. The van der Waals surface area contributed by atoms with E-state index >= 15 is 0 Å². The molecule has 0 aliphatic carbocycles. The predicted molar refractivity (Wildman–Crippen MR) is 64.0 cm³/mol. The fourth-order valence-corrected chi connectivity index (χ4v) is 1.46. The Morgan fingerprint density at radius 2 is 2.12 bits per heavy atom. The van der Waals surface area contributed by atoms with E-state index < -0.39 is 0 Å². The first kappa shape index (κ1) is 12.6. The third-order valence-corrected chi connectivity index (χ3v) is 2.38. The van der Waals surface area contributed by atoms with Crippen LogP contribution in [0.4, 0.5) is 0 Å². The lowest BCUT2D eigenvalue weighted by molar-refractivity contribution is -0.120. The van der Waals surface area contributed by atoms with Gasteiger partial charge in [-0.05, 0) is 31.5 Å². The third-order valence-electron chi connectivity index (χ3n) is 2.38. The number of nitrogens with one attached hydrogen (secondary N) is 2. The number of amides is 1. The van der Waals surface area contributed by atoms with Crippen LogP contribution in [0.3, 0.4) is 0 Å². The van der Waals surface area contributed by atoms with Gasteiger partial charge in [-0.1, -0.05) is 0 Å². The molecular formula is C12H19N3O. The molecule has 2 N–H and O–H groups in total. The van der Waals surface area contributed by atoms with Crippen LogP contribution in [-0.2, 0) is 4.79 Å². The standard InChI is InChI=1S/C12H19N3O/c1-3-14-12(16)6-9-15-10(2)11-4-7-13-8-5-11/h4-5,7-8,10,15H,3,6,9H2,1-2H3,(H,14,16)/t10-/m0/s1. The summed E-state index contributed by atoms with van der Waals surface area (Å²) in [5.41, 5.74) is 1.19. The maximum absolute atomic E-state index is 11.2. The lowest BCUT2D eigenvalue weighted by atomic mass is 10.1. The Morgan fingerprint density at radius 3 is 2.75 bits per heavy atom. The van der Waals surface area contributed by atoms with E-state index in [1.807, 2.05) is 19.1 Å². The van der Waals surface area contributed by atoms with Gasteiger partial charge in [-0.3, -0.25) is 9.78 Å². The molecule has 4 nitrogen and oxygen atoms in total. The van der Waals surface area contributed by atoms with Gasteiger partial charge in [-0.15, -0.1) is 0 Å². The van der Waals surface area contributed by atoms with Gasteiger partial charge < -0.3 is 10.6 Å². The van der Waals surface area contributed by atoms with Gasteiger partial charge in [0.25, 0.3) is 0 Å². The van der Waals surface area contributed by atoms with E-state index in [0.717, 1.165) is 0 Å². The van der Waals surface area contributed by atoms with Crippen molar-refractivity contribution in [3.05, 3.63) is 30.1 Å². The highest BCUT2D eigenvalue weighted by atomic mass is 16.1. The van der Waals surface area contributed by atoms with Crippen molar-refractivity contribution in [2.45, 2.75) is 26.3 Å². The van der Waals surface area contributed by atoms with E-state index in [4.69, 9.17) is 0 Å². The van der Waals surface area contributed by atoms with Gasteiger partial charge in [0.05, 0.1) is 0 Å². The second-order valence-corrected chi connectivity index (χ2v) is 3.66. The Bertz CT molecular complexity index is 313. The third kappa shape index (κ3) is 4.40. The molecule has 0 unspecified atom stereocenters. The largest absolute Gasteiger partial charge is 0.356 e. The van der Waals surface area contributed by atoms with Crippen LogP contribution in [0.15, 0.2) is 24.5 Å². The first-order valence-electron chi connectivity index (χ1n) is 5.64. The van der Waals surface area contributed by atoms with Crippen molar-refractivity contribution in [3.8, 4) is 0 Å². The average molecular weight is 221 g/mol. The lowest BCUT2D eigenvalue weighted by Gasteiger charge is -2.13. The van der Waals surface area contributed by atoms with Crippen LogP contribution in [0, 0.1) is 0 Å². The van der Waals surface area contributed by atoms with Crippen LogP contribution in [0.5, 0.6) is 0 Å². The van der Waals surface area contributed by atoms with Gasteiger partial charge in [0.2, 0.25) is 5.91 Å². The summed E-state index contributed by atoms with van der Waals surface area (Å²) < 4.78 is 0. The van der Waals surface area contributed by atoms with E-state index in [1.165, 1.54) is 5.56 Å². The first-order valence-corrected chi connectivity index (χ1v) is 5.64. The highest BCUT2D eigenvalue weighted by molar-refractivity contribution is 5.75. The zero-order chi connectivity index (χ0) is 11.8. The van der Waals surface area contributed by atoms with Gasteiger partial charge in [-0.25, -0.2) is 0 Å². The molecule has 1 aromatic heterocycles. The van der Waals surface area contributed by atoms with E-state index in [9.17, 15) is 4.79 Å². The molecule has 0 aliphatic rings. The smallest absolute Gasteiger partial charge is 0.221 e. The number of hydrogen-bond acceptors (Lipinski definition) is 3. The summed E-state index contributed by atoms with van der Waals surface area (Å²) in [4.78, 5) is 15.2. The monoisotopic (exact) mass is 221 g/mol. The number of nitrogens with zero attached hydrogens (tertiary/aromatic N) is 1. The summed E-state index contributed by atoms with van der Waals surface area (Å²) in [6, 6.07) is 4.20. The second kappa shape index (κ2) is 6.95. The Labute approximate surface area is 96.5 Å². The second-order valence-electron chi connectivity index (χ2n) is 3.66. The Morgan fingerprint density at radius 1 is 1.44 bits per heavy atom. The van der Waals surface area contributed by atoms with Gasteiger partial charge in [0.15, 0.2) is 0 Å². The maximum Gasteiger partial charge on any atom is 0.221 e.